The third-order valence-electron chi connectivity index (χ3n) is 3.65. The van der Waals surface area contributed by atoms with Gasteiger partial charge in [-0.15, -0.1) is 0 Å². The minimum atomic E-state index is -0.397. The Bertz CT molecular complexity index is 361. The van der Waals surface area contributed by atoms with Gasteiger partial charge in [0.05, 0.1) is 0 Å². The lowest BCUT2D eigenvalue weighted by atomic mass is 9.95. The van der Waals surface area contributed by atoms with E-state index in [2.05, 4.69) is 6.92 Å². The normalized spacial score (nSPS) is 21.2. The van der Waals surface area contributed by atoms with Gasteiger partial charge in [0.2, 0.25) is 0 Å². The van der Waals surface area contributed by atoms with Crippen molar-refractivity contribution in [1.82, 2.24) is 4.90 Å². The molecule has 1 heterocycles. The molecule has 2 aliphatic rings. The second-order valence-corrected chi connectivity index (χ2v) is 6.41. The van der Waals surface area contributed by atoms with Crippen molar-refractivity contribution >= 4 is 6.09 Å². The molecular weight excluding hydrogens is 226 g/mol. The lowest BCUT2D eigenvalue weighted by molar-refractivity contribution is 0.0256. The first-order valence-electron chi connectivity index (χ1n) is 7.09. The van der Waals surface area contributed by atoms with Crippen molar-refractivity contribution in [3.8, 4) is 0 Å². The summed E-state index contributed by atoms with van der Waals surface area (Å²) in [5.74, 6) is 0.755. The van der Waals surface area contributed by atoms with Crippen LogP contribution >= 0.6 is 0 Å². The molecule has 2 rings (SSSR count). The van der Waals surface area contributed by atoms with E-state index in [4.69, 9.17) is 4.74 Å². The number of carbonyl (C=O) groups is 1. The molecule has 0 saturated heterocycles. The fourth-order valence-electron chi connectivity index (χ4n) is 2.56. The molecule has 0 bridgehead atoms. The molecule has 1 aliphatic heterocycles. The molecule has 0 spiro atoms. The average molecular weight is 251 g/mol. The first-order chi connectivity index (χ1) is 8.40. The smallest absolute Gasteiger partial charge is 0.410 e. The fourth-order valence-corrected chi connectivity index (χ4v) is 2.56. The molecule has 0 aromatic heterocycles. The maximum Gasteiger partial charge on any atom is 0.410 e. The largest absolute Gasteiger partial charge is 0.444 e. The quantitative estimate of drug-likeness (QED) is 0.700. The van der Waals surface area contributed by atoms with Crippen LogP contribution in [0.4, 0.5) is 4.79 Å². The van der Waals surface area contributed by atoms with Gasteiger partial charge in [-0.25, -0.2) is 4.79 Å². The monoisotopic (exact) mass is 251 g/mol. The number of hydrogen-bond acceptors (Lipinski definition) is 2. The number of hydrogen-bond donors (Lipinski definition) is 0. The SMILES string of the molecule is CCC1=C(C2CC2)CN(C(=O)OC(C)(C)C)CC1. The van der Waals surface area contributed by atoms with Gasteiger partial charge in [0.1, 0.15) is 5.60 Å². The van der Waals surface area contributed by atoms with Crippen LogP contribution in [0.25, 0.3) is 0 Å². The molecule has 0 aromatic carbocycles. The predicted octanol–water partition coefficient (Wildman–Crippen LogP) is 3.74. The summed E-state index contributed by atoms with van der Waals surface area (Å²) in [4.78, 5) is 14.0. The van der Waals surface area contributed by atoms with Gasteiger partial charge in [0, 0.05) is 13.1 Å². The van der Waals surface area contributed by atoms with Crippen LogP contribution in [0.1, 0.15) is 53.4 Å². The van der Waals surface area contributed by atoms with Crippen molar-refractivity contribution in [1.29, 1.82) is 0 Å². The van der Waals surface area contributed by atoms with E-state index < -0.39 is 5.60 Å². The van der Waals surface area contributed by atoms with E-state index in [1.165, 1.54) is 18.4 Å². The summed E-state index contributed by atoms with van der Waals surface area (Å²) in [5.41, 5.74) is 2.71. The molecule has 0 radical (unpaired) electrons. The first kappa shape index (κ1) is 13.4. The Morgan fingerprint density at radius 2 is 2.06 bits per heavy atom. The zero-order valence-electron chi connectivity index (χ0n) is 12.1. The highest BCUT2D eigenvalue weighted by atomic mass is 16.6. The van der Waals surface area contributed by atoms with Crippen LogP contribution < -0.4 is 0 Å². The zero-order chi connectivity index (χ0) is 13.3. The standard InChI is InChI=1S/C15H25NO2/c1-5-11-8-9-16(10-13(11)12-6-7-12)14(17)18-15(2,3)4/h12H,5-10H2,1-4H3. The van der Waals surface area contributed by atoms with Crippen molar-refractivity contribution < 1.29 is 9.53 Å². The summed E-state index contributed by atoms with van der Waals surface area (Å²) in [6, 6.07) is 0. The molecule has 3 nitrogen and oxygen atoms in total. The van der Waals surface area contributed by atoms with Gasteiger partial charge in [-0.1, -0.05) is 12.5 Å². The Morgan fingerprint density at radius 3 is 2.56 bits per heavy atom. The molecule has 0 aromatic rings. The minimum absolute atomic E-state index is 0.157. The third kappa shape index (κ3) is 3.27. The Morgan fingerprint density at radius 1 is 1.39 bits per heavy atom. The van der Waals surface area contributed by atoms with E-state index in [9.17, 15) is 4.79 Å². The van der Waals surface area contributed by atoms with Gasteiger partial charge in [0.25, 0.3) is 0 Å². The van der Waals surface area contributed by atoms with Crippen molar-refractivity contribution in [2.45, 2.75) is 59.0 Å². The highest BCUT2D eigenvalue weighted by Crippen LogP contribution is 2.41. The van der Waals surface area contributed by atoms with Gasteiger partial charge < -0.3 is 9.64 Å². The molecule has 0 unspecified atom stereocenters. The third-order valence-corrected chi connectivity index (χ3v) is 3.65. The van der Waals surface area contributed by atoms with Crippen LogP contribution in [0.2, 0.25) is 0 Å². The predicted molar refractivity (Wildman–Crippen MR) is 72.5 cm³/mol. The molecule has 102 valence electrons. The summed E-state index contributed by atoms with van der Waals surface area (Å²) in [5, 5.41) is 0. The summed E-state index contributed by atoms with van der Waals surface area (Å²) < 4.78 is 5.46. The molecule has 3 heteroatoms. The van der Waals surface area contributed by atoms with Crippen LogP contribution in [-0.2, 0) is 4.74 Å². The molecule has 1 saturated carbocycles. The Hall–Kier alpha value is -0.990. The van der Waals surface area contributed by atoms with Crippen LogP contribution in [0, 0.1) is 5.92 Å². The van der Waals surface area contributed by atoms with E-state index in [1.54, 1.807) is 5.57 Å². The lowest BCUT2D eigenvalue weighted by Crippen LogP contribution is -2.41. The Balaban J connectivity index is 2.01. The van der Waals surface area contributed by atoms with Gasteiger partial charge in [-0.05, 0) is 57.9 Å². The fraction of sp³-hybridized carbons (Fsp3) is 0.800. The maximum atomic E-state index is 12.1. The van der Waals surface area contributed by atoms with Gasteiger partial charge in [0.15, 0.2) is 0 Å². The van der Waals surface area contributed by atoms with Gasteiger partial charge in [-0.2, -0.15) is 0 Å². The summed E-state index contributed by atoms with van der Waals surface area (Å²) in [7, 11) is 0. The van der Waals surface area contributed by atoms with Crippen LogP contribution in [0.3, 0.4) is 0 Å². The van der Waals surface area contributed by atoms with E-state index in [-0.39, 0.29) is 6.09 Å². The summed E-state index contributed by atoms with van der Waals surface area (Å²) in [6.45, 7) is 9.59. The number of nitrogens with zero attached hydrogens (tertiary/aromatic N) is 1. The highest BCUT2D eigenvalue weighted by Gasteiger charge is 2.33. The topological polar surface area (TPSA) is 29.5 Å². The molecule has 0 N–H and O–H groups in total. The van der Waals surface area contributed by atoms with E-state index >= 15 is 0 Å². The van der Waals surface area contributed by atoms with Crippen LogP contribution in [-0.4, -0.2) is 29.7 Å². The molecule has 1 fully saturated rings. The lowest BCUT2D eigenvalue weighted by Gasteiger charge is -2.32. The number of ether oxygens (including phenoxy) is 1. The average Bonchev–Trinajstić information content (AvgIpc) is 3.09. The summed E-state index contributed by atoms with van der Waals surface area (Å²) in [6.07, 6.45) is 4.62. The van der Waals surface area contributed by atoms with E-state index in [0.717, 1.165) is 31.8 Å². The zero-order valence-corrected chi connectivity index (χ0v) is 12.1. The summed E-state index contributed by atoms with van der Waals surface area (Å²) >= 11 is 0. The molecule has 18 heavy (non-hydrogen) atoms. The molecule has 1 aliphatic carbocycles. The number of carbonyl (C=O) groups excluding carboxylic acids is 1. The van der Waals surface area contributed by atoms with Crippen molar-refractivity contribution in [2.75, 3.05) is 13.1 Å². The minimum Gasteiger partial charge on any atom is -0.444 e. The van der Waals surface area contributed by atoms with E-state index in [1.807, 2.05) is 25.7 Å². The van der Waals surface area contributed by atoms with Crippen molar-refractivity contribution in [3.05, 3.63) is 11.1 Å². The first-order valence-corrected chi connectivity index (χ1v) is 7.09. The highest BCUT2D eigenvalue weighted by molar-refractivity contribution is 5.69. The van der Waals surface area contributed by atoms with Crippen LogP contribution in [0.5, 0.6) is 0 Å². The molecular formula is C15H25NO2. The number of rotatable bonds is 2. The Kier molecular flexibility index (Phi) is 3.69. The van der Waals surface area contributed by atoms with Gasteiger partial charge >= 0.3 is 6.09 Å². The van der Waals surface area contributed by atoms with E-state index in [0.29, 0.717) is 0 Å². The second kappa shape index (κ2) is 4.94. The Labute approximate surface area is 110 Å². The molecule has 0 atom stereocenters. The van der Waals surface area contributed by atoms with Gasteiger partial charge in [-0.3, -0.25) is 0 Å². The molecule has 1 amide bonds. The number of amides is 1. The van der Waals surface area contributed by atoms with Crippen molar-refractivity contribution in [3.63, 3.8) is 0 Å². The van der Waals surface area contributed by atoms with Crippen molar-refractivity contribution in [2.24, 2.45) is 5.92 Å². The second-order valence-electron chi connectivity index (χ2n) is 6.41. The maximum absolute atomic E-state index is 12.1. The van der Waals surface area contributed by atoms with Crippen LogP contribution in [0.15, 0.2) is 11.1 Å².